The number of likely N-dealkylation sites (tertiary alicyclic amines) is 1. The number of hydrogen-bond acceptors (Lipinski definition) is 4. The molecule has 6 nitrogen and oxygen atoms in total. The molecule has 0 saturated carbocycles. The van der Waals surface area contributed by atoms with Crippen LogP contribution in [-0.4, -0.2) is 63.6 Å². The van der Waals surface area contributed by atoms with Crippen molar-refractivity contribution in [3.8, 4) is 5.75 Å². The first-order valence-electron chi connectivity index (χ1n) is 11.1. The third kappa shape index (κ3) is 7.94. The number of aliphatic imine (C=N–C) groups is 1. The van der Waals surface area contributed by atoms with Crippen molar-refractivity contribution in [3.63, 3.8) is 0 Å². The van der Waals surface area contributed by atoms with Crippen LogP contribution in [0.15, 0.2) is 53.5 Å². The molecular weight excluding hydrogens is 513 g/mol. The van der Waals surface area contributed by atoms with Crippen LogP contribution in [0, 0.1) is 0 Å². The molecule has 0 aromatic heterocycles. The molecule has 1 aliphatic heterocycles. The summed E-state index contributed by atoms with van der Waals surface area (Å²) in [5.41, 5.74) is 3.89. The number of ether oxygens (including phenoxy) is 1. The Kier molecular flexibility index (Phi) is 11.3. The average molecular weight is 552 g/mol. The molecular formula is C25H38IN5O. The third-order valence-corrected chi connectivity index (χ3v) is 5.90. The molecule has 7 heteroatoms. The van der Waals surface area contributed by atoms with Gasteiger partial charge in [0.15, 0.2) is 5.96 Å². The summed E-state index contributed by atoms with van der Waals surface area (Å²) >= 11 is 0. The standard InChI is InChI=1S/C25H37N5O.HI/c1-26-25(28-18-24(29(2)3)22-11-13-23(31-4)14-12-22)27-17-20-7-9-21(10-8-20)19-30-15-5-6-16-30;/h7-14,24H,5-6,15-19H2,1-4H3,(H2,26,27,28);1H. The first kappa shape index (κ1) is 26.4. The number of nitrogens with one attached hydrogen (secondary N) is 2. The molecule has 1 unspecified atom stereocenters. The average Bonchev–Trinajstić information content (AvgIpc) is 3.30. The van der Waals surface area contributed by atoms with Gasteiger partial charge in [-0.15, -0.1) is 24.0 Å². The lowest BCUT2D eigenvalue weighted by Gasteiger charge is -2.26. The Labute approximate surface area is 210 Å². The van der Waals surface area contributed by atoms with E-state index in [4.69, 9.17) is 4.74 Å². The Hall–Kier alpha value is -1.84. The minimum atomic E-state index is 0. The highest BCUT2D eigenvalue weighted by molar-refractivity contribution is 14.0. The molecule has 0 bridgehead atoms. The van der Waals surface area contributed by atoms with Gasteiger partial charge >= 0.3 is 0 Å². The Morgan fingerprint density at radius 3 is 2.19 bits per heavy atom. The van der Waals surface area contributed by atoms with Crippen molar-refractivity contribution in [3.05, 3.63) is 65.2 Å². The van der Waals surface area contributed by atoms with Crippen LogP contribution in [0.3, 0.4) is 0 Å². The summed E-state index contributed by atoms with van der Waals surface area (Å²) < 4.78 is 5.28. The highest BCUT2D eigenvalue weighted by Gasteiger charge is 2.15. The second kappa shape index (κ2) is 13.6. The van der Waals surface area contributed by atoms with E-state index in [-0.39, 0.29) is 30.0 Å². The maximum absolute atomic E-state index is 5.28. The Bertz CT molecular complexity index is 817. The van der Waals surface area contributed by atoms with Crippen LogP contribution in [0.4, 0.5) is 0 Å². The van der Waals surface area contributed by atoms with E-state index in [1.807, 2.05) is 19.2 Å². The number of rotatable bonds is 9. The Morgan fingerprint density at radius 2 is 1.62 bits per heavy atom. The quantitative estimate of drug-likeness (QED) is 0.282. The molecule has 0 radical (unpaired) electrons. The lowest BCUT2D eigenvalue weighted by Crippen LogP contribution is -2.41. The van der Waals surface area contributed by atoms with Crippen LogP contribution in [0.25, 0.3) is 0 Å². The first-order valence-corrected chi connectivity index (χ1v) is 11.1. The summed E-state index contributed by atoms with van der Waals surface area (Å²) in [6.45, 7) is 5.03. The molecule has 2 aromatic rings. The number of nitrogens with zero attached hydrogens (tertiary/aromatic N) is 3. The summed E-state index contributed by atoms with van der Waals surface area (Å²) in [4.78, 5) is 9.13. The van der Waals surface area contributed by atoms with E-state index in [1.165, 1.54) is 42.6 Å². The van der Waals surface area contributed by atoms with Gasteiger partial charge in [-0.1, -0.05) is 36.4 Å². The van der Waals surface area contributed by atoms with Crippen molar-refractivity contribution in [2.45, 2.75) is 32.0 Å². The van der Waals surface area contributed by atoms with Gasteiger partial charge in [-0.3, -0.25) is 9.89 Å². The molecule has 32 heavy (non-hydrogen) atoms. The molecule has 0 aliphatic carbocycles. The molecule has 1 atom stereocenters. The van der Waals surface area contributed by atoms with E-state index in [2.05, 4.69) is 75.9 Å². The fourth-order valence-electron chi connectivity index (χ4n) is 3.99. The summed E-state index contributed by atoms with van der Waals surface area (Å²) in [7, 11) is 7.69. The van der Waals surface area contributed by atoms with Crippen molar-refractivity contribution in [1.29, 1.82) is 0 Å². The zero-order valence-corrected chi connectivity index (χ0v) is 22.1. The van der Waals surface area contributed by atoms with E-state index < -0.39 is 0 Å². The highest BCUT2D eigenvalue weighted by Crippen LogP contribution is 2.20. The smallest absolute Gasteiger partial charge is 0.191 e. The van der Waals surface area contributed by atoms with Gasteiger partial charge in [0.2, 0.25) is 0 Å². The van der Waals surface area contributed by atoms with Gasteiger partial charge in [-0.25, -0.2) is 0 Å². The monoisotopic (exact) mass is 551 g/mol. The minimum absolute atomic E-state index is 0. The molecule has 1 fully saturated rings. The van der Waals surface area contributed by atoms with Gasteiger partial charge in [-0.2, -0.15) is 0 Å². The zero-order valence-electron chi connectivity index (χ0n) is 19.8. The van der Waals surface area contributed by atoms with Crippen molar-refractivity contribution in [2.24, 2.45) is 4.99 Å². The summed E-state index contributed by atoms with van der Waals surface area (Å²) in [5, 5.41) is 6.90. The van der Waals surface area contributed by atoms with E-state index >= 15 is 0 Å². The molecule has 176 valence electrons. The summed E-state index contributed by atoms with van der Waals surface area (Å²) in [6, 6.07) is 17.4. The van der Waals surface area contributed by atoms with E-state index in [0.29, 0.717) is 0 Å². The predicted molar refractivity (Wildman–Crippen MR) is 144 cm³/mol. The third-order valence-electron chi connectivity index (χ3n) is 5.90. The predicted octanol–water partition coefficient (Wildman–Crippen LogP) is 3.88. The topological polar surface area (TPSA) is 52.1 Å². The number of guanidine groups is 1. The molecule has 0 amide bonds. The van der Waals surface area contributed by atoms with Crippen LogP contribution < -0.4 is 15.4 Å². The maximum Gasteiger partial charge on any atom is 0.191 e. The van der Waals surface area contributed by atoms with E-state index in [1.54, 1.807) is 7.11 Å². The molecule has 2 N–H and O–H groups in total. The van der Waals surface area contributed by atoms with Crippen molar-refractivity contribution in [2.75, 3.05) is 47.9 Å². The second-order valence-electron chi connectivity index (χ2n) is 8.36. The molecule has 1 heterocycles. The fraction of sp³-hybridized carbons (Fsp3) is 0.480. The molecule has 0 spiro atoms. The van der Waals surface area contributed by atoms with E-state index in [0.717, 1.165) is 31.3 Å². The normalized spacial score (nSPS) is 15.3. The lowest BCUT2D eigenvalue weighted by atomic mass is 10.1. The van der Waals surface area contributed by atoms with Crippen LogP contribution in [0.1, 0.15) is 35.6 Å². The Morgan fingerprint density at radius 1 is 1.00 bits per heavy atom. The Balaban J connectivity index is 0.00000363. The largest absolute Gasteiger partial charge is 0.497 e. The van der Waals surface area contributed by atoms with Gasteiger partial charge in [0.05, 0.1) is 13.2 Å². The first-order chi connectivity index (χ1) is 15.1. The molecule has 2 aromatic carbocycles. The van der Waals surface area contributed by atoms with Gasteiger partial charge < -0.3 is 20.3 Å². The van der Waals surface area contributed by atoms with Crippen LogP contribution >= 0.6 is 24.0 Å². The van der Waals surface area contributed by atoms with E-state index in [9.17, 15) is 0 Å². The number of hydrogen-bond donors (Lipinski definition) is 2. The SMILES string of the molecule is CN=C(NCc1ccc(CN2CCCC2)cc1)NCC(c1ccc(OC)cc1)N(C)C.I. The minimum Gasteiger partial charge on any atom is -0.497 e. The van der Waals surface area contributed by atoms with Crippen molar-refractivity contribution < 1.29 is 4.74 Å². The number of benzene rings is 2. The van der Waals surface area contributed by atoms with Crippen LogP contribution in [0.2, 0.25) is 0 Å². The van der Waals surface area contributed by atoms with Gasteiger partial charge in [0.25, 0.3) is 0 Å². The van der Waals surface area contributed by atoms with Crippen molar-refractivity contribution in [1.82, 2.24) is 20.4 Å². The molecule has 1 saturated heterocycles. The second-order valence-corrected chi connectivity index (χ2v) is 8.36. The summed E-state index contributed by atoms with van der Waals surface area (Å²) in [5.74, 6) is 1.68. The highest BCUT2D eigenvalue weighted by atomic mass is 127. The zero-order chi connectivity index (χ0) is 22.1. The number of likely N-dealkylation sites (N-methyl/N-ethyl adjacent to an activating group) is 1. The van der Waals surface area contributed by atoms with Gasteiger partial charge in [0.1, 0.15) is 5.75 Å². The fourth-order valence-corrected chi connectivity index (χ4v) is 3.99. The van der Waals surface area contributed by atoms with Crippen LogP contribution in [-0.2, 0) is 13.1 Å². The van der Waals surface area contributed by atoms with Crippen molar-refractivity contribution >= 4 is 29.9 Å². The van der Waals surface area contributed by atoms with Crippen LogP contribution in [0.5, 0.6) is 5.75 Å². The molecule has 3 rings (SSSR count). The molecule has 1 aliphatic rings. The summed E-state index contributed by atoms with van der Waals surface area (Å²) in [6.07, 6.45) is 2.67. The number of halogens is 1. The van der Waals surface area contributed by atoms with Gasteiger partial charge in [0, 0.05) is 26.7 Å². The van der Waals surface area contributed by atoms with Gasteiger partial charge in [-0.05, 0) is 68.8 Å². The lowest BCUT2D eigenvalue weighted by molar-refractivity contribution is 0.298. The maximum atomic E-state index is 5.28. The number of methoxy groups -OCH3 is 1.